The van der Waals surface area contributed by atoms with Crippen LogP contribution in [0.15, 0.2) is 24.3 Å². The molecule has 1 rings (SSSR count). The van der Waals surface area contributed by atoms with Gasteiger partial charge in [-0.2, -0.15) is 0 Å². The molecular weight excluding hydrogens is 198 g/mol. The summed E-state index contributed by atoms with van der Waals surface area (Å²) in [6, 6.07) is 8.23. The summed E-state index contributed by atoms with van der Waals surface area (Å²) < 4.78 is 0. The third-order valence-corrected chi connectivity index (χ3v) is 3.31. The van der Waals surface area contributed by atoms with E-state index >= 15 is 0 Å². The van der Waals surface area contributed by atoms with Crippen LogP contribution in [0.4, 0.5) is 5.69 Å². The first kappa shape index (κ1) is 13.0. The molecule has 0 heterocycles. The van der Waals surface area contributed by atoms with Crippen molar-refractivity contribution in [2.45, 2.75) is 39.7 Å². The number of nitrogens with zero attached hydrogens (tertiary/aromatic N) is 1. The van der Waals surface area contributed by atoms with Gasteiger partial charge in [-0.05, 0) is 44.9 Å². The molecule has 0 amide bonds. The molecule has 0 aliphatic carbocycles. The van der Waals surface area contributed by atoms with Gasteiger partial charge in [0.25, 0.3) is 0 Å². The molecule has 0 saturated heterocycles. The first-order valence-electron chi connectivity index (χ1n) is 6.13. The van der Waals surface area contributed by atoms with Gasteiger partial charge in [-0.1, -0.05) is 19.1 Å². The quantitative estimate of drug-likeness (QED) is 0.825. The summed E-state index contributed by atoms with van der Waals surface area (Å²) >= 11 is 0. The summed E-state index contributed by atoms with van der Waals surface area (Å²) in [4.78, 5) is 2.30. The molecule has 2 nitrogen and oxygen atoms in total. The van der Waals surface area contributed by atoms with Crippen molar-refractivity contribution in [3.05, 3.63) is 29.8 Å². The van der Waals surface area contributed by atoms with Crippen molar-refractivity contribution in [1.29, 1.82) is 0 Å². The molecule has 0 saturated carbocycles. The molecule has 1 atom stereocenters. The van der Waals surface area contributed by atoms with E-state index in [-0.39, 0.29) is 0 Å². The highest BCUT2D eigenvalue weighted by Gasteiger charge is 2.20. The van der Waals surface area contributed by atoms with Gasteiger partial charge >= 0.3 is 0 Å². The minimum atomic E-state index is -0.707. The monoisotopic (exact) mass is 221 g/mol. The van der Waals surface area contributed by atoms with E-state index in [9.17, 15) is 5.11 Å². The molecule has 90 valence electrons. The van der Waals surface area contributed by atoms with E-state index in [1.54, 1.807) is 0 Å². The minimum absolute atomic E-state index is 0.707. The summed E-state index contributed by atoms with van der Waals surface area (Å²) in [5.74, 6) is 0. The zero-order valence-electron chi connectivity index (χ0n) is 10.8. The van der Waals surface area contributed by atoms with Crippen LogP contribution < -0.4 is 4.90 Å². The molecule has 1 unspecified atom stereocenters. The number of benzene rings is 1. The molecule has 0 aliphatic rings. The van der Waals surface area contributed by atoms with Crippen LogP contribution in [0.5, 0.6) is 0 Å². The second-order valence-electron chi connectivity index (χ2n) is 4.35. The van der Waals surface area contributed by atoms with Crippen molar-refractivity contribution in [3.8, 4) is 0 Å². The highest BCUT2D eigenvalue weighted by molar-refractivity contribution is 5.48. The van der Waals surface area contributed by atoms with E-state index in [0.717, 1.165) is 25.1 Å². The molecule has 0 spiro atoms. The second-order valence-corrected chi connectivity index (χ2v) is 4.35. The Morgan fingerprint density at radius 3 is 1.94 bits per heavy atom. The summed E-state index contributed by atoms with van der Waals surface area (Å²) in [6.07, 6.45) is 0.734. The predicted molar refractivity (Wildman–Crippen MR) is 69.9 cm³/mol. The number of rotatable bonds is 5. The van der Waals surface area contributed by atoms with Gasteiger partial charge in [-0.15, -0.1) is 0 Å². The Hall–Kier alpha value is -1.02. The van der Waals surface area contributed by atoms with Crippen molar-refractivity contribution >= 4 is 5.69 Å². The highest BCUT2D eigenvalue weighted by Crippen LogP contribution is 2.26. The molecule has 0 bridgehead atoms. The van der Waals surface area contributed by atoms with Crippen LogP contribution in [0, 0.1) is 0 Å². The number of aliphatic hydroxyl groups is 1. The molecule has 2 heteroatoms. The van der Waals surface area contributed by atoms with Crippen molar-refractivity contribution in [3.63, 3.8) is 0 Å². The van der Waals surface area contributed by atoms with E-state index in [1.165, 1.54) is 5.69 Å². The predicted octanol–water partition coefficient (Wildman–Crippen LogP) is 3.15. The van der Waals surface area contributed by atoms with E-state index in [2.05, 4.69) is 30.9 Å². The maximum Gasteiger partial charge on any atom is 0.0865 e. The lowest BCUT2D eigenvalue weighted by Gasteiger charge is -2.25. The van der Waals surface area contributed by atoms with Gasteiger partial charge in [0.2, 0.25) is 0 Å². The molecule has 16 heavy (non-hydrogen) atoms. The Morgan fingerprint density at radius 1 is 1.06 bits per heavy atom. The summed E-state index contributed by atoms with van der Waals surface area (Å²) in [6.45, 7) is 10.2. The maximum atomic E-state index is 10.1. The number of anilines is 1. The number of hydrogen-bond acceptors (Lipinski definition) is 2. The standard InChI is InChI=1S/C14H23NO/c1-5-14(4,16)12-8-10-13(11-9-12)15(6-2)7-3/h8-11,16H,5-7H2,1-4H3. The van der Waals surface area contributed by atoms with Crippen LogP contribution in [-0.4, -0.2) is 18.2 Å². The topological polar surface area (TPSA) is 23.5 Å². The van der Waals surface area contributed by atoms with Crippen LogP contribution in [0.1, 0.15) is 39.7 Å². The molecule has 0 radical (unpaired) electrons. The Balaban J connectivity index is 2.90. The molecule has 0 aromatic heterocycles. The van der Waals surface area contributed by atoms with E-state index in [0.29, 0.717) is 0 Å². The van der Waals surface area contributed by atoms with E-state index in [4.69, 9.17) is 0 Å². The van der Waals surface area contributed by atoms with Crippen LogP contribution in [-0.2, 0) is 5.60 Å². The SMILES string of the molecule is CCN(CC)c1ccc(C(C)(O)CC)cc1. The van der Waals surface area contributed by atoms with Gasteiger partial charge in [0.1, 0.15) is 0 Å². The normalized spacial score (nSPS) is 14.6. The largest absolute Gasteiger partial charge is 0.385 e. The first-order valence-corrected chi connectivity index (χ1v) is 6.13. The summed E-state index contributed by atoms with van der Waals surface area (Å²) in [7, 11) is 0. The lowest BCUT2D eigenvalue weighted by Crippen LogP contribution is -2.23. The molecule has 1 aromatic carbocycles. The molecular formula is C14H23NO. The van der Waals surface area contributed by atoms with Crippen molar-refractivity contribution in [2.75, 3.05) is 18.0 Å². The smallest absolute Gasteiger partial charge is 0.0865 e. The Labute approximate surface area is 98.9 Å². The van der Waals surface area contributed by atoms with Gasteiger partial charge in [-0.25, -0.2) is 0 Å². The molecule has 1 N–H and O–H groups in total. The third-order valence-electron chi connectivity index (χ3n) is 3.31. The highest BCUT2D eigenvalue weighted by atomic mass is 16.3. The van der Waals surface area contributed by atoms with Crippen LogP contribution >= 0.6 is 0 Å². The second kappa shape index (κ2) is 5.35. The molecule has 0 aliphatic heterocycles. The van der Waals surface area contributed by atoms with Gasteiger partial charge in [-0.3, -0.25) is 0 Å². The van der Waals surface area contributed by atoms with Gasteiger partial charge in [0.05, 0.1) is 5.60 Å². The van der Waals surface area contributed by atoms with Crippen LogP contribution in [0.2, 0.25) is 0 Å². The van der Waals surface area contributed by atoms with Crippen molar-refractivity contribution in [1.82, 2.24) is 0 Å². The zero-order chi connectivity index (χ0) is 12.2. The van der Waals surface area contributed by atoms with Crippen LogP contribution in [0.3, 0.4) is 0 Å². The average molecular weight is 221 g/mol. The summed E-state index contributed by atoms with van der Waals surface area (Å²) in [5, 5.41) is 10.1. The Morgan fingerprint density at radius 2 is 1.56 bits per heavy atom. The van der Waals surface area contributed by atoms with Gasteiger partial charge < -0.3 is 10.0 Å². The van der Waals surface area contributed by atoms with Gasteiger partial charge in [0, 0.05) is 18.8 Å². The summed E-state index contributed by atoms with van der Waals surface area (Å²) in [5.41, 5.74) is 1.51. The Kier molecular flexibility index (Phi) is 4.36. The third kappa shape index (κ3) is 2.76. The average Bonchev–Trinajstić information content (AvgIpc) is 2.31. The first-order chi connectivity index (χ1) is 7.55. The fourth-order valence-corrected chi connectivity index (χ4v) is 1.82. The van der Waals surface area contributed by atoms with E-state index in [1.807, 2.05) is 26.0 Å². The fourth-order valence-electron chi connectivity index (χ4n) is 1.82. The van der Waals surface area contributed by atoms with Gasteiger partial charge in [0.15, 0.2) is 0 Å². The minimum Gasteiger partial charge on any atom is -0.385 e. The van der Waals surface area contributed by atoms with E-state index < -0.39 is 5.60 Å². The lowest BCUT2D eigenvalue weighted by atomic mass is 9.93. The Bertz CT molecular complexity index is 312. The molecule has 0 fully saturated rings. The lowest BCUT2D eigenvalue weighted by molar-refractivity contribution is 0.0531. The zero-order valence-corrected chi connectivity index (χ0v) is 10.8. The van der Waals surface area contributed by atoms with Crippen LogP contribution in [0.25, 0.3) is 0 Å². The van der Waals surface area contributed by atoms with Crippen molar-refractivity contribution in [2.24, 2.45) is 0 Å². The fraction of sp³-hybridized carbons (Fsp3) is 0.571. The van der Waals surface area contributed by atoms with Crippen molar-refractivity contribution < 1.29 is 5.11 Å². The maximum absolute atomic E-state index is 10.1. The molecule has 1 aromatic rings. The number of hydrogen-bond donors (Lipinski definition) is 1.